The third-order valence-corrected chi connectivity index (χ3v) is 13.2. The van der Waals surface area contributed by atoms with Crippen molar-refractivity contribution in [2.24, 2.45) is 40.4 Å². The zero-order valence-electron chi connectivity index (χ0n) is 22.4. The van der Waals surface area contributed by atoms with E-state index in [0.29, 0.717) is 35.0 Å². The quantitative estimate of drug-likeness (QED) is 0.447. The van der Waals surface area contributed by atoms with Crippen LogP contribution in [0.1, 0.15) is 110 Å². The first-order chi connectivity index (χ1) is 16.3. The van der Waals surface area contributed by atoms with E-state index in [4.69, 9.17) is 9.47 Å². The van der Waals surface area contributed by atoms with E-state index in [2.05, 4.69) is 19.9 Å². The van der Waals surface area contributed by atoms with Gasteiger partial charge in [0.2, 0.25) is 0 Å². The highest BCUT2D eigenvalue weighted by Gasteiger charge is 2.64. The highest BCUT2D eigenvalue weighted by molar-refractivity contribution is 5.29. The number of rotatable bonds is 4. The first kappa shape index (κ1) is 24.0. The Labute approximate surface area is 208 Å². The monoisotopic (exact) mass is 470 g/mol. The van der Waals surface area contributed by atoms with Crippen LogP contribution >= 0.6 is 0 Å². The van der Waals surface area contributed by atoms with Crippen molar-refractivity contribution in [1.82, 2.24) is 0 Å². The Bertz CT molecular complexity index is 805. The average Bonchev–Trinajstić information content (AvgIpc) is 3.58. The van der Waals surface area contributed by atoms with Gasteiger partial charge < -0.3 is 14.6 Å². The molecule has 1 N–H and O–H groups in total. The maximum atomic E-state index is 11.7. The molecule has 0 spiro atoms. The summed E-state index contributed by atoms with van der Waals surface area (Å²) >= 11 is 0. The van der Waals surface area contributed by atoms with Gasteiger partial charge in [-0.3, -0.25) is 0 Å². The second-order valence-electron chi connectivity index (χ2n) is 14.0. The van der Waals surface area contributed by atoms with Crippen molar-refractivity contribution in [2.75, 3.05) is 14.2 Å². The zero-order valence-corrected chi connectivity index (χ0v) is 22.4. The van der Waals surface area contributed by atoms with Crippen molar-refractivity contribution in [3.05, 3.63) is 11.6 Å². The number of ether oxygens (including phenoxy) is 2. The lowest BCUT2D eigenvalue weighted by atomic mass is 9.45. The predicted molar refractivity (Wildman–Crippen MR) is 136 cm³/mol. The van der Waals surface area contributed by atoms with Gasteiger partial charge in [0.1, 0.15) is 0 Å². The third-order valence-electron chi connectivity index (χ3n) is 13.2. The number of aliphatic hydroxyl groups excluding tert-OH is 1. The van der Waals surface area contributed by atoms with Crippen LogP contribution < -0.4 is 0 Å². The molecule has 0 saturated heterocycles. The van der Waals surface area contributed by atoms with E-state index in [-0.39, 0.29) is 22.7 Å². The molecular formula is C31H50O3. The summed E-state index contributed by atoms with van der Waals surface area (Å²) in [6.07, 6.45) is 21.3. The lowest BCUT2D eigenvalue weighted by molar-refractivity contribution is -0.140. The van der Waals surface area contributed by atoms with E-state index in [1.807, 2.05) is 14.2 Å². The fourth-order valence-corrected chi connectivity index (χ4v) is 11.4. The van der Waals surface area contributed by atoms with E-state index in [1.165, 1.54) is 89.9 Å². The minimum Gasteiger partial charge on any atom is -0.389 e. The smallest absolute Gasteiger partial charge is 0.0757 e. The molecule has 0 aromatic rings. The molecule has 4 unspecified atom stereocenters. The van der Waals surface area contributed by atoms with Gasteiger partial charge in [0.15, 0.2) is 0 Å². The summed E-state index contributed by atoms with van der Waals surface area (Å²) < 4.78 is 12.6. The van der Waals surface area contributed by atoms with Crippen LogP contribution in [0.5, 0.6) is 0 Å². The molecule has 8 atom stereocenters. The van der Waals surface area contributed by atoms with Crippen LogP contribution in [0.2, 0.25) is 0 Å². The van der Waals surface area contributed by atoms with E-state index < -0.39 is 0 Å². The van der Waals surface area contributed by atoms with Gasteiger partial charge in [0.05, 0.1) is 17.3 Å². The molecule has 6 aliphatic carbocycles. The number of methoxy groups -OCH3 is 2. The molecule has 3 heteroatoms. The van der Waals surface area contributed by atoms with Gasteiger partial charge in [0, 0.05) is 14.2 Å². The molecular weight excluding hydrogens is 420 g/mol. The number of hydrogen-bond acceptors (Lipinski definition) is 3. The minimum atomic E-state index is -0.264. The lowest BCUT2D eigenvalue weighted by Gasteiger charge is -2.61. The Morgan fingerprint density at radius 2 is 1.41 bits per heavy atom. The first-order valence-corrected chi connectivity index (χ1v) is 14.8. The maximum absolute atomic E-state index is 11.7. The Morgan fingerprint density at radius 3 is 2.06 bits per heavy atom. The van der Waals surface area contributed by atoms with E-state index >= 15 is 0 Å². The van der Waals surface area contributed by atoms with Crippen LogP contribution in [0.15, 0.2) is 11.6 Å². The van der Waals surface area contributed by atoms with Crippen LogP contribution in [0.25, 0.3) is 0 Å². The molecule has 0 aromatic heterocycles. The molecule has 0 amide bonds. The van der Waals surface area contributed by atoms with Crippen LogP contribution in [0, 0.1) is 40.4 Å². The summed E-state index contributed by atoms with van der Waals surface area (Å²) in [5.41, 5.74) is 2.39. The van der Waals surface area contributed by atoms with Gasteiger partial charge in [0.25, 0.3) is 0 Å². The Hall–Kier alpha value is -0.380. The second-order valence-corrected chi connectivity index (χ2v) is 14.0. The molecule has 0 bridgehead atoms. The number of hydrogen-bond donors (Lipinski definition) is 1. The second kappa shape index (κ2) is 8.32. The van der Waals surface area contributed by atoms with Crippen molar-refractivity contribution in [2.45, 2.75) is 127 Å². The van der Waals surface area contributed by atoms with Gasteiger partial charge in [-0.1, -0.05) is 51.2 Å². The summed E-state index contributed by atoms with van der Waals surface area (Å²) in [5.74, 6) is 3.03. The molecule has 0 radical (unpaired) electrons. The molecule has 5 fully saturated rings. The van der Waals surface area contributed by atoms with Gasteiger partial charge in [-0.2, -0.15) is 0 Å². The van der Waals surface area contributed by atoms with Crippen LogP contribution in [0.3, 0.4) is 0 Å². The molecule has 0 aliphatic heterocycles. The largest absolute Gasteiger partial charge is 0.389 e. The first-order valence-electron chi connectivity index (χ1n) is 14.8. The number of allylic oxidation sites excluding steroid dienone is 1. The fraction of sp³-hybridized carbons (Fsp3) is 0.935. The topological polar surface area (TPSA) is 38.7 Å². The van der Waals surface area contributed by atoms with Crippen molar-refractivity contribution < 1.29 is 14.6 Å². The highest BCUT2D eigenvalue weighted by Crippen LogP contribution is 2.69. The molecule has 5 saturated carbocycles. The van der Waals surface area contributed by atoms with Gasteiger partial charge in [-0.05, 0) is 111 Å². The van der Waals surface area contributed by atoms with Crippen molar-refractivity contribution >= 4 is 0 Å². The maximum Gasteiger partial charge on any atom is 0.0757 e. The summed E-state index contributed by atoms with van der Waals surface area (Å²) in [4.78, 5) is 0. The molecule has 3 nitrogen and oxygen atoms in total. The van der Waals surface area contributed by atoms with Crippen LogP contribution in [0.4, 0.5) is 0 Å². The molecule has 6 aliphatic rings. The summed E-state index contributed by atoms with van der Waals surface area (Å²) in [5, 5.41) is 11.7. The van der Waals surface area contributed by atoms with Gasteiger partial charge >= 0.3 is 0 Å². The van der Waals surface area contributed by atoms with Crippen molar-refractivity contribution in [3.8, 4) is 0 Å². The standard InChI is InChI=1S/C31H50O3/c1-28-17-11-21(30(33-3)13-5-6-14-30)19-22(28)20-25(32)27-23-9-10-26(29(23,2)18-12-24(27)28)31(34-4)15-7-8-16-31/h20-21,23-27,32H,5-19H2,1-4H3/t21-,23?,24?,25?,26-,27?,28-,29-/m0/s1. The Balaban J connectivity index is 1.29. The predicted octanol–water partition coefficient (Wildman–Crippen LogP) is 7.07. The molecule has 192 valence electrons. The molecule has 6 rings (SSSR count). The Morgan fingerprint density at radius 1 is 0.765 bits per heavy atom. The summed E-state index contributed by atoms with van der Waals surface area (Å²) in [6.45, 7) is 5.17. The number of fused-ring (bicyclic) bond motifs is 5. The van der Waals surface area contributed by atoms with Crippen LogP contribution in [-0.4, -0.2) is 36.6 Å². The lowest BCUT2D eigenvalue weighted by Crippen LogP contribution is -2.57. The van der Waals surface area contributed by atoms with Gasteiger partial charge in [-0.15, -0.1) is 0 Å². The minimum absolute atomic E-state index is 0.101. The number of aliphatic hydroxyl groups is 1. The van der Waals surface area contributed by atoms with E-state index in [9.17, 15) is 5.11 Å². The fourth-order valence-electron chi connectivity index (χ4n) is 11.4. The van der Waals surface area contributed by atoms with Crippen LogP contribution in [-0.2, 0) is 9.47 Å². The van der Waals surface area contributed by atoms with Crippen molar-refractivity contribution in [3.63, 3.8) is 0 Å². The molecule has 0 aromatic carbocycles. The summed E-state index contributed by atoms with van der Waals surface area (Å²) in [7, 11) is 3.93. The molecule has 0 heterocycles. The van der Waals surface area contributed by atoms with E-state index in [0.717, 1.165) is 6.42 Å². The zero-order chi connectivity index (χ0) is 23.8. The normalized spacial score (nSPS) is 49.3. The summed E-state index contributed by atoms with van der Waals surface area (Å²) in [6, 6.07) is 0. The third kappa shape index (κ3) is 3.18. The Kier molecular flexibility index (Phi) is 5.87. The van der Waals surface area contributed by atoms with Gasteiger partial charge in [-0.25, -0.2) is 0 Å². The highest BCUT2D eigenvalue weighted by atomic mass is 16.5. The average molecular weight is 471 g/mol. The SMILES string of the molecule is COC1([C@H]2CC[C@@]3(C)C(=CC(O)C4C3CC[C@@]3(C)C4CC[C@@H]3C3(OC)CCCC3)C2)CCCC1. The van der Waals surface area contributed by atoms with Crippen molar-refractivity contribution in [1.29, 1.82) is 0 Å². The molecule has 34 heavy (non-hydrogen) atoms. The van der Waals surface area contributed by atoms with E-state index in [1.54, 1.807) is 5.57 Å².